The first-order chi connectivity index (χ1) is 15.2. The number of hydrogen-bond acceptors (Lipinski definition) is 4. The molecule has 3 N–H and O–H groups in total. The number of benzene rings is 2. The molecule has 5 rings (SSSR count). The zero-order valence-corrected chi connectivity index (χ0v) is 17.0. The van der Waals surface area contributed by atoms with Crippen LogP contribution in [-0.4, -0.2) is 25.5 Å². The molecular formula is C23H18F3N5O. The number of carbonyl (C=O) groups excluding carboxylic acids is 1. The summed E-state index contributed by atoms with van der Waals surface area (Å²) < 4.78 is 40.4. The number of H-pyrrole nitrogens is 1. The maximum absolute atomic E-state index is 13.1. The average molecular weight is 437 g/mol. The lowest BCUT2D eigenvalue weighted by Crippen LogP contribution is -2.08. The third-order valence-corrected chi connectivity index (χ3v) is 5.62. The molecule has 0 fully saturated rings. The van der Waals surface area contributed by atoms with E-state index in [4.69, 9.17) is 5.73 Å². The molecule has 0 spiro atoms. The van der Waals surface area contributed by atoms with Gasteiger partial charge in [-0.2, -0.15) is 18.3 Å². The number of alkyl halides is 3. The van der Waals surface area contributed by atoms with Crippen LogP contribution >= 0.6 is 0 Å². The van der Waals surface area contributed by atoms with Crippen molar-refractivity contribution in [1.82, 2.24) is 19.7 Å². The Hall–Kier alpha value is -3.88. The molecule has 6 nitrogen and oxygen atoms in total. The summed E-state index contributed by atoms with van der Waals surface area (Å²) in [4.78, 5) is 20.8. The fourth-order valence-corrected chi connectivity index (χ4v) is 3.92. The van der Waals surface area contributed by atoms with E-state index in [9.17, 15) is 18.0 Å². The maximum Gasteiger partial charge on any atom is 0.416 e. The number of aromatic nitrogens is 4. The Labute approximate surface area is 180 Å². The lowest BCUT2D eigenvalue weighted by Gasteiger charge is -2.08. The molecule has 1 aliphatic carbocycles. The summed E-state index contributed by atoms with van der Waals surface area (Å²) >= 11 is 0. The largest absolute Gasteiger partial charge is 0.416 e. The number of halogens is 3. The Morgan fingerprint density at radius 1 is 1.22 bits per heavy atom. The van der Waals surface area contributed by atoms with Crippen LogP contribution in [0.25, 0.3) is 22.8 Å². The van der Waals surface area contributed by atoms with Crippen molar-refractivity contribution in [3.05, 3.63) is 76.2 Å². The number of nitrogens with one attached hydrogen (secondary N) is 1. The Balaban J connectivity index is 1.46. The van der Waals surface area contributed by atoms with Crippen molar-refractivity contribution in [3.8, 4) is 5.69 Å². The van der Waals surface area contributed by atoms with E-state index < -0.39 is 11.7 Å². The van der Waals surface area contributed by atoms with Gasteiger partial charge >= 0.3 is 6.18 Å². The molecule has 2 aromatic heterocycles. The summed E-state index contributed by atoms with van der Waals surface area (Å²) in [5.74, 6) is 0.676. The van der Waals surface area contributed by atoms with Crippen LogP contribution in [0.1, 0.15) is 39.8 Å². The van der Waals surface area contributed by atoms with E-state index in [2.05, 4.69) is 15.1 Å². The number of anilines is 1. The maximum atomic E-state index is 13.1. The van der Waals surface area contributed by atoms with Crippen molar-refractivity contribution in [2.45, 2.75) is 25.9 Å². The van der Waals surface area contributed by atoms with Crippen molar-refractivity contribution in [2.24, 2.45) is 0 Å². The van der Waals surface area contributed by atoms with Crippen LogP contribution < -0.4 is 5.73 Å². The van der Waals surface area contributed by atoms with E-state index in [1.54, 1.807) is 0 Å². The number of nitrogens with zero attached hydrogens (tertiary/aromatic N) is 3. The first-order valence-corrected chi connectivity index (χ1v) is 10.0. The minimum Gasteiger partial charge on any atom is -0.383 e. The summed E-state index contributed by atoms with van der Waals surface area (Å²) in [5, 5.41) is 4.27. The second-order valence-corrected chi connectivity index (χ2v) is 7.68. The Kier molecular flexibility index (Phi) is 4.44. The molecule has 0 bridgehead atoms. The quantitative estimate of drug-likeness (QED) is 0.452. The molecule has 0 atom stereocenters. The van der Waals surface area contributed by atoms with Gasteiger partial charge in [0.2, 0.25) is 0 Å². The Morgan fingerprint density at radius 3 is 2.78 bits per heavy atom. The smallest absolute Gasteiger partial charge is 0.383 e. The van der Waals surface area contributed by atoms with Gasteiger partial charge in [-0.25, -0.2) is 9.67 Å². The summed E-state index contributed by atoms with van der Waals surface area (Å²) in [5.41, 5.74) is 9.47. The summed E-state index contributed by atoms with van der Waals surface area (Å²) in [6.45, 7) is 2.00. The molecule has 0 unspecified atom stereocenters. The summed E-state index contributed by atoms with van der Waals surface area (Å²) in [6.07, 6.45) is -0.538. The molecule has 2 aromatic carbocycles. The van der Waals surface area contributed by atoms with Crippen molar-refractivity contribution >= 4 is 28.7 Å². The first kappa shape index (κ1) is 20.0. The normalized spacial score (nSPS) is 13.4. The standard InChI is InChI=1S/C23H18F3N5O/c1-2-20-29-18-6-5-16(10-19(18)30-20)31-22(27)17(11-28-31)21(32)14-7-12-3-4-15(23(24,25)26)9-13(12)8-14/h3-6,8-11H,2,7,27H2,1H3,(H,29,30). The van der Waals surface area contributed by atoms with Crippen LogP contribution in [0.5, 0.6) is 0 Å². The van der Waals surface area contributed by atoms with Crippen LogP contribution in [0.4, 0.5) is 19.0 Å². The molecule has 0 saturated carbocycles. The van der Waals surface area contributed by atoms with Crippen molar-refractivity contribution in [2.75, 3.05) is 5.73 Å². The van der Waals surface area contributed by atoms with Crippen molar-refractivity contribution < 1.29 is 18.0 Å². The van der Waals surface area contributed by atoms with E-state index in [-0.39, 0.29) is 23.6 Å². The molecule has 2 heterocycles. The van der Waals surface area contributed by atoms with Crippen LogP contribution in [0.3, 0.4) is 0 Å². The van der Waals surface area contributed by atoms with Crippen molar-refractivity contribution in [1.29, 1.82) is 0 Å². The van der Waals surface area contributed by atoms with Crippen LogP contribution in [0.15, 0.2) is 48.2 Å². The van der Waals surface area contributed by atoms with Gasteiger partial charge in [0, 0.05) is 18.4 Å². The van der Waals surface area contributed by atoms with Crippen LogP contribution in [-0.2, 0) is 19.0 Å². The molecule has 0 radical (unpaired) electrons. The van der Waals surface area contributed by atoms with Crippen LogP contribution in [0.2, 0.25) is 0 Å². The number of nitrogens with two attached hydrogens (primary N) is 1. The second-order valence-electron chi connectivity index (χ2n) is 7.68. The number of carbonyl (C=O) groups is 1. The highest BCUT2D eigenvalue weighted by atomic mass is 19.4. The van der Waals surface area contributed by atoms with Gasteiger partial charge in [0.1, 0.15) is 11.6 Å². The number of ketones is 1. The minimum atomic E-state index is -4.44. The third-order valence-electron chi connectivity index (χ3n) is 5.62. The van der Waals surface area contributed by atoms with E-state index in [1.807, 2.05) is 25.1 Å². The zero-order valence-electron chi connectivity index (χ0n) is 17.0. The number of nitrogen functional groups attached to an aromatic ring is 1. The number of rotatable bonds is 4. The molecular weight excluding hydrogens is 419 g/mol. The van der Waals surface area contributed by atoms with Crippen LogP contribution in [0, 0.1) is 0 Å². The number of fused-ring (bicyclic) bond motifs is 2. The van der Waals surface area contributed by atoms with Gasteiger partial charge in [0.25, 0.3) is 0 Å². The highest BCUT2D eigenvalue weighted by Crippen LogP contribution is 2.35. The third kappa shape index (κ3) is 3.26. The number of hydrogen-bond donors (Lipinski definition) is 2. The van der Waals surface area contributed by atoms with Gasteiger partial charge in [-0.05, 0) is 47.5 Å². The number of aryl methyl sites for hydroxylation is 1. The second kappa shape index (κ2) is 7.08. The lowest BCUT2D eigenvalue weighted by atomic mass is 10.0. The fraction of sp³-hybridized carbons (Fsp3) is 0.174. The molecule has 1 aliphatic rings. The molecule has 0 saturated heterocycles. The number of aromatic amines is 1. The number of Topliss-reactive ketones (excluding diaryl/α,β-unsaturated/α-hetero) is 1. The minimum absolute atomic E-state index is 0.164. The SMILES string of the molecule is CCc1nc2ccc(-n3ncc(C(=O)C4=Cc5cc(C(F)(F)F)ccc5C4)c3N)cc2[nH]1. The van der Waals surface area contributed by atoms with Gasteiger partial charge < -0.3 is 10.7 Å². The highest BCUT2D eigenvalue weighted by molar-refractivity contribution is 6.15. The van der Waals surface area contributed by atoms with E-state index in [0.29, 0.717) is 22.4 Å². The molecule has 9 heteroatoms. The van der Waals surface area contributed by atoms with Gasteiger partial charge in [-0.15, -0.1) is 0 Å². The van der Waals surface area contributed by atoms with Gasteiger partial charge in [-0.3, -0.25) is 4.79 Å². The molecule has 0 aliphatic heterocycles. The predicted molar refractivity (Wildman–Crippen MR) is 114 cm³/mol. The number of allylic oxidation sites excluding steroid dienone is 1. The topological polar surface area (TPSA) is 89.6 Å². The summed E-state index contributed by atoms with van der Waals surface area (Å²) in [6, 6.07) is 9.00. The van der Waals surface area contributed by atoms with Gasteiger partial charge in [-0.1, -0.05) is 13.0 Å². The van der Waals surface area contributed by atoms with E-state index >= 15 is 0 Å². The molecule has 0 amide bonds. The zero-order chi connectivity index (χ0) is 22.6. The molecule has 32 heavy (non-hydrogen) atoms. The predicted octanol–water partition coefficient (Wildman–Crippen LogP) is 4.73. The Bertz CT molecular complexity index is 1410. The average Bonchev–Trinajstić information content (AvgIpc) is 3.47. The molecule has 162 valence electrons. The van der Waals surface area contributed by atoms with Gasteiger partial charge in [0.05, 0.1) is 34.0 Å². The monoisotopic (exact) mass is 437 g/mol. The van der Waals surface area contributed by atoms with Crippen molar-refractivity contribution in [3.63, 3.8) is 0 Å². The molecule has 4 aromatic rings. The van der Waals surface area contributed by atoms with Gasteiger partial charge in [0.15, 0.2) is 5.78 Å². The van der Waals surface area contributed by atoms with E-state index in [1.165, 1.54) is 23.0 Å². The highest BCUT2D eigenvalue weighted by Gasteiger charge is 2.32. The lowest BCUT2D eigenvalue weighted by molar-refractivity contribution is -0.137. The van der Waals surface area contributed by atoms with E-state index in [0.717, 1.165) is 35.4 Å². The Morgan fingerprint density at radius 2 is 2.03 bits per heavy atom. The number of imidazole rings is 1. The summed E-state index contributed by atoms with van der Waals surface area (Å²) in [7, 11) is 0. The first-order valence-electron chi connectivity index (χ1n) is 10.0. The fourth-order valence-electron chi connectivity index (χ4n) is 3.92.